The van der Waals surface area contributed by atoms with Crippen molar-refractivity contribution < 1.29 is 19.1 Å². The highest BCUT2D eigenvalue weighted by Crippen LogP contribution is 2.34. The molecule has 0 bridgehead atoms. The van der Waals surface area contributed by atoms with Crippen molar-refractivity contribution in [2.45, 2.75) is 57.5 Å². The van der Waals surface area contributed by atoms with E-state index in [1.807, 2.05) is 25.1 Å². The highest BCUT2D eigenvalue weighted by molar-refractivity contribution is 5.78. The lowest BCUT2D eigenvalue weighted by molar-refractivity contribution is -0.121. The number of amides is 3. The first-order chi connectivity index (χ1) is 12.6. The van der Waals surface area contributed by atoms with Gasteiger partial charge in [-0.15, -0.1) is 0 Å². The number of hydrogen-bond donors (Lipinski definition) is 3. The van der Waals surface area contributed by atoms with E-state index in [1.54, 1.807) is 0 Å². The van der Waals surface area contributed by atoms with Crippen molar-refractivity contribution in [1.82, 2.24) is 16.0 Å². The van der Waals surface area contributed by atoms with Gasteiger partial charge in [-0.05, 0) is 37.5 Å². The first-order valence-corrected chi connectivity index (χ1v) is 9.35. The minimum absolute atomic E-state index is 0.104. The van der Waals surface area contributed by atoms with Crippen LogP contribution < -0.4 is 25.4 Å². The Kier molecular flexibility index (Phi) is 6.20. The largest absolute Gasteiger partial charge is 0.454 e. The Labute approximate surface area is 153 Å². The van der Waals surface area contributed by atoms with Gasteiger partial charge < -0.3 is 25.4 Å². The van der Waals surface area contributed by atoms with E-state index in [-0.39, 0.29) is 37.2 Å². The summed E-state index contributed by atoms with van der Waals surface area (Å²) in [5.41, 5.74) is 0.950. The molecule has 1 aliphatic heterocycles. The smallest absolute Gasteiger partial charge is 0.315 e. The predicted octanol–water partition coefficient (Wildman–Crippen LogP) is 2.61. The lowest BCUT2D eigenvalue weighted by atomic mass is 9.96. The maximum atomic E-state index is 12.1. The van der Waals surface area contributed by atoms with Crippen LogP contribution in [0.1, 0.15) is 57.1 Å². The zero-order valence-corrected chi connectivity index (χ0v) is 15.2. The Morgan fingerprint density at radius 3 is 2.73 bits per heavy atom. The van der Waals surface area contributed by atoms with Gasteiger partial charge in [-0.1, -0.05) is 25.3 Å². The third-order valence-electron chi connectivity index (χ3n) is 4.85. The summed E-state index contributed by atoms with van der Waals surface area (Å²) in [6.07, 6.45) is 5.92. The SMILES string of the molecule is CC(NC(=O)CCNC(=O)NC1CCCCC1)c1ccc2c(c1)OCO2. The van der Waals surface area contributed by atoms with Gasteiger partial charge in [0, 0.05) is 19.0 Å². The van der Waals surface area contributed by atoms with Crippen LogP contribution in [0.25, 0.3) is 0 Å². The van der Waals surface area contributed by atoms with E-state index in [1.165, 1.54) is 19.3 Å². The molecule has 1 heterocycles. The fourth-order valence-corrected chi connectivity index (χ4v) is 3.35. The third-order valence-corrected chi connectivity index (χ3v) is 4.85. The lowest BCUT2D eigenvalue weighted by Gasteiger charge is -2.22. The highest BCUT2D eigenvalue weighted by Gasteiger charge is 2.18. The first-order valence-electron chi connectivity index (χ1n) is 9.35. The van der Waals surface area contributed by atoms with Crippen molar-refractivity contribution in [2.24, 2.45) is 0 Å². The third kappa shape index (κ3) is 5.03. The summed E-state index contributed by atoms with van der Waals surface area (Å²) in [6, 6.07) is 5.57. The zero-order valence-electron chi connectivity index (χ0n) is 15.2. The Hall–Kier alpha value is -2.44. The molecule has 0 radical (unpaired) electrons. The number of nitrogens with one attached hydrogen (secondary N) is 3. The van der Waals surface area contributed by atoms with Crippen molar-refractivity contribution in [3.05, 3.63) is 23.8 Å². The van der Waals surface area contributed by atoms with E-state index in [4.69, 9.17) is 9.47 Å². The van der Waals surface area contributed by atoms with Crippen LogP contribution in [0.5, 0.6) is 11.5 Å². The molecule has 3 amide bonds. The molecule has 26 heavy (non-hydrogen) atoms. The van der Waals surface area contributed by atoms with Crippen molar-refractivity contribution in [1.29, 1.82) is 0 Å². The second-order valence-corrected chi connectivity index (χ2v) is 6.89. The van der Waals surface area contributed by atoms with Crippen LogP contribution >= 0.6 is 0 Å². The molecule has 1 fully saturated rings. The van der Waals surface area contributed by atoms with Gasteiger partial charge in [0.25, 0.3) is 0 Å². The van der Waals surface area contributed by atoms with Crippen molar-refractivity contribution in [3.63, 3.8) is 0 Å². The highest BCUT2D eigenvalue weighted by atomic mass is 16.7. The molecule has 3 N–H and O–H groups in total. The van der Waals surface area contributed by atoms with E-state index >= 15 is 0 Å². The Morgan fingerprint density at radius 2 is 1.92 bits per heavy atom. The topological polar surface area (TPSA) is 88.7 Å². The van der Waals surface area contributed by atoms with Gasteiger partial charge in [0.1, 0.15) is 0 Å². The monoisotopic (exact) mass is 361 g/mol. The molecular formula is C19H27N3O4. The van der Waals surface area contributed by atoms with E-state index in [0.29, 0.717) is 12.3 Å². The minimum Gasteiger partial charge on any atom is -0.454 e. The molecule has 1 saturated carbocycles. The van der Waals surface area contributed by atoms with Gasteiger partial charge in [0.15, 0.2) is 11.5 Å². The van der Waals surface area contributed by atoms with Crippen molar-refractivity contribution >= 4 is 11.9 Å². The fourth-order valence-electron chi connectivity index (χ4n) is 3.35. The normalized spacial score (nSPS) is 17.4. The van der Waals surface area contributed by atoms with Gasteiger partial charge in [-0.3, -0.25) is 4.79 Å². The molecule has 1 unspecified atom stereocenters. The van der Waals surface area contributed by atoms with Crippen LogP contribution in [-0.4, -0.2) is 31.3 Å². The summed E-state index contributed by atoms with van der Waals surface area (Å²) in [5.74, 6) is 1.32. The molecule has 1 aromatic carbocycles. The number of carbonyl (C=O) groups is 2. The van der Waals surface area contributed by atoms with Gasteiger partial charge in [-0.25, -0.2) is 4.79 Å². The number of hydrogen-bond acceptors (Lipinski definition) is 4. The molecule has 1 aromatic rings. The molecule has 0 spiro atoms. The molecule has 3 rings (SSSR count). The fraction of sp³-hybridized carbons (Fsp3) is 0.579. The van der Waals surface area contributed by atoms with Crippen molar-refractivity contribution in [2.75, 3.05) is 13.3 Å². The molecule has 1 aliphatic carbocycles. The first kappa shape index (κ1) is 18.4. The Morgan fingerprint density at radius 1 is 1.15 bits per heavy atom. The van der Waals surface area contributed by atoms with Crippen LogP contribution in [0.2, 0.25) is 0 Å². The molecule has 7 nitrogen and oxygen atoms in total. The standard InChI is InChI=1S/C19H27N3O4/c1-13(14-7-8-16-17(11-14)26-12-25-16)21-18(23)9-10-20-19(24)22-15-5-3-2-4-6-15/h7-8,11,13,15H,2-6,9-10,12H2,1H3,(H,21,23)(H2,20,22,24). The molecule has 0 aromatic heterocycles. The van der Waals surface area contributed by atoms with E-state index in [0.717, 1.165) is 24.2 Å². The maximum absolute atomic E-state index is 12.1. The van der Waals surface area contributed by atoms with Crippen LogP contribution in [-0.2, 0) is 4.79 Å². The lowest BCUT2D eigenvalue weighted by Crippen LogP contribution is -2.43. The van der Waals surface area contributed by atoms with Crippen LogP contribution in [0, 0.1) is 0 Å². The second kappa shape index (κ2) is 8.78. The summed E-state index contributed by atoms with van der Waals surface area (Å²) < 4.78 is 10.6. The quantitative estimate of drug-likeness (QED) is 0.727. The van der Waals surface area contributed by atoms with Crippen LogP contribution in [0.3, 0.4) is 0 Å². The summed E-state index contributed by atoms with van der Waals surface area (Å²) in [6.45, 7) is 2.46. The molecule has 7 heteroatoms. The van der Waals surface area contributed by atoms with Gasteiger partial charge in [0.2, 0.25) is 12.7 Å². The van der Waals surface area contributed by atoms with Crippen LogP contribution in [0.15, 0.2) is 18.2 Å². The number of urea groups is 1. The number of benzene rings is 1. The number of ether oxygens (including phenoxy) is 2. The van der Waals surface area contributed by atoms with E-state index in [2.05, 4.69) is 16.0 Å². The minimum atomic E-state index is -0.187. The summed E-state index contributed by atoms with van der Waals surface area (Å²) in [5, 5.41) is 8.67. The van der Waals surface area contributed by atoms with E-state index in [9.17, 15) is 9.59 Å². The summed E-state index contributed by atoms with van der Waals surface area (Å²) in [4.78, 5) is 24.0. The molecule has 2 aliphatic rings. The average molecular weight is 361 g/mol. The van der Waals surface area contributed by atoms with Gasteiger partial charge >= 0.3 is 6.03 Å². The van der Waals surface area contributed by atoms with Crippen molar-refractivity contribution in [3.8, 4) is 11.5 Å². The predicted molar refractivity (Wildman–Crippen MR) is 97.1 cm³/mol. The summed E-state index contributed by atoms with van der Waals surface area (Å²) >= 11 is 0. The maximum Gasteiger partial charge on any atom is 0.315 e. The second-order valence-electron chi connectivity index (χ2n) is 6.89. The molecule has 1 atom stereocenters. The number of rotatable bonds is 6. The number of fused-ring (bicyclic) bond motifs is 1. The zero-order chi connectivity index (χ0) is 18.4. The molecule has 142 valence electrons. The van der Waals surface area contributed by atoms with Crippen LogP contribution in [0.4, 0.5) is 4.79 Å². The Bertz CT molecular complexity index is 644. The average Bonchev–Trinajstić information content (AvgIpc) is 3.10. The van der Waals surface area contributed by atoms with Gasteiger partial charge in [-0.2, -0.15) is 0 Å². The number of carbonyl (C=O) groups excluding carboxylic acids is 2. The Balaban J connectivity index is 1.36. The van der Waals surface area contributed by atoms with E-state index < -0.39 is 0 Å². The molecule has 0 saturated heterocycles. The van der Waals surface area contributed by atoms with Gasteiger partial charge in [0.05, 0.1) is 6.04 Å². The molecular weight excluding hydrogens is 334 g/mol. The summed E-state index contributed by atoms with van der Waals surface area (Å²) in [7, 11) is 0.